The van der Waals surface area contributed by atoms with E-state index in [2.05, 4.69) is 173 Å². The van der Waals surface area contributed by atoms with Gasteiger partial charge in [-0.15, -0.1) is 0 Å². The number of anilines is 6. The van der Waals surface area contributed by atoms with Crippen LogP contribution < -0.4 is 9.80 Å². The molecule has 7 aromatic carbocycles. The van der Waals surface area contributed by atoms with Crippen molar-refractivity contribution in [1.82, 2.24) is 0 Å². The third-order valence-corrected chi connectivity index (χ3v) is 14.8. The Morgan fingerprint density at radius 3 is 1.37 bits per heavy atom. The van der Waals surface area contributed by atoms with Crippen LogP contribution in [-0.4, -0.2) is 0 Å². The first-order chi connectivity index (χ1) is 27.8. The van der Waals surface area contributed by atoms with E-state index in [0.29, 0.717) is 0 Å². The summed E-state index contributed by atoms with van der Waals surface area (Å²) in [6, 6.07) is 47.3. The van der Waals surface area contributed by atoms with E-state index >= 15 is 0 Å². The fourth-order valence-corrected chi connectivity index (χ4v) is 11.9. The summed E-state index contributed by atoms with van der Waals surface area (Å²) in [6.07, 6.45) is 7.06. The zero-order valence-corrected chi connectivity index (χ0v) is 35.6. The lowest BCUT2D eigenvalue weighted by atomic mass is 9.69. The lowest BCUT2D eigenvalue weighted by Gasteiger charge is -2.36. The maximum absolute atomic E-state index is 2.60. The third-order valence-electron chi connectivity index (χ3n) is 12.6. The van der Waals surface area contributed by atoms with Gasteiger partial charge >= 0.3 is 0 Å². The van der Waals surface area contributed by atoms with Gasteiger partial charge in [0.15, 0.2) is 0 Å². The van der Waals surface area contributed by atoms with E-state index in [1.165, 1.54) is 129 Å². The fraction of sp³-hybridized carbons (Fsp3) is 0.245. The zero-order valence-electron chi connectivity index (χ0n) is 34.0. The highest BCUT2D eigenvalue weighted by Crippen LogP contribution is 2.60. The molecule has 0 fully saturated rings. The zero-order chi connectivity index (χ0) is 39.0. The molecule has 0 saturated carbocycles. The van der Waals surface area contributed by atoms with Gasteiger partial charge in [0.05, 0.1) is 22.7 Å². The van der Waals surface area contributed by atoms with Crippen LogP contribution in [0.15, 0.2) is 141 Å². The normalized spacial score (nSPS) is 14.5. The number of hydrogen-bond acceptors (Lipinski definition) is 4. The molecule has 0 bridgehead atoms. The monoisotopic (exact) mass is 778 g/mol. The van der Waals surface area contributed by atoms with Crippen LogP contribution in [-0.2, 0) is 5.41 Å². The third kappa shape index (κ3) is 5.93. The summed E-state index contributed by atoms with van der Waals surface area (Å²) in [6.45, 7) is 13.6. The first kappa shape index (κ1) is 36.4. The summed E-state index contributed by atoms with van der Waals surface area (Å²) >= 11 is 3.78. The Bertz CT molecular complexity index is 2630. The van der Waals surface area contributed by atoms with E-state index in [9.17, 15) is 0 Å². The van der Waals surface area contributed by atoms with Crippen molar-refractivity contribution in [3.8, 4) is 11.1 Å². The van der Waals surface area contributed by atoms with Crippen LogP contribution in [0.3, 0.4) is 0 Å². The fourth-order valence-electron chi connectivity index (χ4n) is 9.84. The van der Waals surface area contributed by atoms with Crippen LogP contribution in [0, 0.1) is 27.7 Å². The van der Waals surface area contributed by atoms with Crippen molar-refractivity contribution in [3.05, 3.63) is 155 Å². The molecule has 2 aliphatic heterocycles. The van der Waals surface area contributed by atoms with Gasteiger partial charge in [-0.05, 0) is 169 Å². The van der Waals surface area contributed by atoms with Crippen molar-refractivity contribution in [2.75, 3.05) is 9.80 Å². The number of fused-ring (bicyclic) bond motifs is 9. The smallest absolute Gasteiger partial charge is 0.0604 e. The Hall–Kier alpha value is -4.90. The Morgan fingerprint density at radius 1 is 0.456 bits per heavy atom. The molecule has 0 spiro atoms. The SMILES string of the molecule is CCCCC1(CCCC)c2cc(N3c4cc(C)ccc4Sc4ccc(C)cc43)ccc2-c2ccc3cc(N4c5cc(C)ccc5Sc5ccc(C)cc54)ccc3c21. The van der Waals surface area contributed by atoms with E-state index < -0.39 is 0 Å². The van der Waals surface area contributed by atoms with E-state index in [-0.39, 0.29) is 5.41 Å². The highest BCUT2D eigenvalue weighted by molar-refractivity contribution is 8.00. The van der Waals surface area contributed by atoms with E-state index in [1.807, 2.05) is 23.5 Å². The largest absolute Gasteiger partial charge is 0.308 e. The summed E-state index contributed by atoms with van der Waals surface area (Å²) < 4.78 is 0. The van der Waals surface area contributed by atoms with Crippen LogP contribution in [0.5, 0.6) is 0 Å². The van der Waals surface area contributed by atoms with Gasteiger partial charge in [0.25, 0.3) is 0 Å². The first-order valence-corrected chi connectivity index (χ1v) is 22.5. The summed E-state index contributed by atoms with van der Waals surface area (Å²) in [5.74, 6) is 0. The van der Waals surface area contributed by atoms with Gasteiger partial charge in [-0.2, -0.15) is 0 Å². The molecule has 0 unspecified atom stereocenters. The molecule has 0 N–H and O–H groups in total. The topological polar surface area (TPSA) is 6.48 Å². The molecule has 0 atom stereocenters. The van der Waals surface area contributed by atoms with Crippen molar-refractivity contribution < 1.29 is 0 Å². The highest BCUT2D eigenvalue weighted by Gasteiger charge is 2.44. The van der Waals surface area contributed by atoms with Crippen LogP contribution in [0.1, 0.15) is 85.8 Å². The number of unbranched alkanes of at least 4 members (excludes halogenated alkanes) is 2. The van der Waals surface area contributed by atoms with Gasteiger partial charge in [-0.1, -0.05) is 112 Å². The van der Waals surface area contributed by atoms with Gasteiger partial charge < -0.3 is 9.80 Å². The van der Waals surface area contributed by atoms with Gasteiger partial charge in [0, 0.05) is 36.4 Å². The molecule has 3 aliphatic rings. The molecule has 4 heteroatoms. The number of hydrogen-bond donors (Lipinski definition) is 0. The van der Waals surface area contributed by atoms with Crippen molar-refractivity contribution in [3.63, 3.8) is 0 Å². The molecule has 0 radical (unpaired) electrons. The minimum absolute atomic E-state index is 0.0711. The summed E-state index contributed by atoms with van der Waals surface area (Å²) in [5.41, 5.74) is 18.5. The second-order valence-corrected chi connectivity index (χ2v) is 18.8. The van der Waals surface area contributed by atoms with Crippen molar-refractivity contribution in [2.24, 2.45) is 0 Å². The van der Waals surface area contributed by atoms with Crippen LogP contribution in [0.4, 0.5) is 34.1 Å². The maximum atomic E-state index is 2.60. The molecule has 1 aliphatic carbocycles. The quantitative estimate of drug-likeness (QED) is 0.151. The molecular formula is C53H50N2S2. The second-order valence-electron chi connectivity index (χ2n) is 16.7. The Labute approximate surface area is 347 Å². The number of nitrogens with zero attached hydrogens (tertiary/aromatic N) is 2. The summed E-state index contributed by atoms with van der Waals surface area (Å²) in [5, 5.41) is 2.72. The van der Waals surface area contributed by atoms with Crippen molar-refractivity contribution in [1.29, 1.82) is 0 Å². The van der Waals surface area contributed by atoms with Gasteiger partial charge in [0.2, 0.25) is 0 Å². The van der Waals surface area contributed by atoms with Gasteiger partial charge in [0.1, 0.15) is 0 Å². The molecule has 2 nitrogen and oxygen atoms in total. The highest BCUT2D eigenvalue weighted by atomic mass is 32.2. The van der Waals surface area contributed by atoms with E-state index in [0.717, 1.165) is 12.8 Å². The Balaban J connectivity index is 1.17. The first-order valence-electron chi connectivity index (χ1n) is 20.9. The standard InChI is InChI=1S/C53H50N2S2/c1-7-9-25-53(26-10-8-2)43-32-39(55-46-29-35(5)13-23-50(46)57-51-24-14-36(6)30-47(51)55)17-20-41(43)42-18-15-37-31-38(16-19-40(37)52(42)53)54-44-27-33(3)11-21-48(44)56-49-22-12-34(4)28-45(49)54/h11-24,27-32H,7-10,25-26H2,1-6H3. The molecule has 0 saturated heterocycles. The maximum Gasteiger partial charge on any atom is 0.0604 e. The predicted molar refractivity (Wildman–Crippen MR) is 246 cm³/mol. The van der Waals surface area contributed by atoms with Crippen LogP contribution >= 0.6 is 23.5 Å². The van der Waals surface area contributed by atoms with Crippen molar-refractivity contribution >= 4 is 68.4 Å². The Kier molecular flexibility index (Phi) is 9.07. The average molecular weight is 779 g/mol. The van der Waals surface area contributed by atoms with E-state index in [4.69, 9.17) is 0 Å². The molecule has 10 rings (SSSR count). The van der Waals surface area contributed by atoms with Gasteiger partial charge in [-0.3, -0.25) is 0 Å². The molecular weight excluding hydrogens is 729 g/mol. The average Bonchev–Trinajstić information content (AvgIpc) is 3.49. The van der Waals surface area contributed by atoms with Crippen LogP contribution in [0.2, 0.25) is 0 Å². The molecule has 57 heavy (non-hydrogen) atoms. The second kappa shape index (κ2) is 14.2. The van der Waals surface area contributed by atoms with Crippen LogP contribution in [0.25, 0.3) is 21.9 Å². The minimum Gasteiger partial charge on any atom is -0.308 e. The summed E-state index contributed by atoms with van der Waals surface area (Å²) in [7, 11) is 0. The minimum atomic E-state index is -0.0711. The molecule has 284 valence electrons. The lowest BCUT2D eigenvalue weighted by Crippen LogP contribution is -2.26. The summed E-state index contributed by atoms with van der Waals surface area (Å²) in [4.78, 5) is 10.3. The molecule has 2 heterocycles. The van der Waals surface area contributed by atoms with Gasteiger partial charge in [-0.25, -0.2) is 0 Å². The number of rotatable bonds is 8. The Morgan fingerprint density at radius 2 is 0.895 bits per heavy atom. The molecule has 7 aromatic rings. The van der Waals surface area contributed by atoms with Crippen molar-refractivity contribution in [2.45, 2.75) is 105 Å². The number of benzene rings is 7. The van der Waals surface area contributed by atoms with E-state index in [1.54, 1.807) is 5.56 Å². The predicted octanol–water partition coefficient (Wildman–Crippen LogP) is 16.6. The number of aryl methyl sites for hydroxylation is 4. The lowest BCUT2D eigenvalue weighted by molar-refractivity contribution is 0.417. The molecule has 0 amide bonds. The molecule has 0 aromatic heterocycles.